The Bertz CT molecular complexity index is 462. The molecule has 21 heavy (non-hydrogen) atoms. The number of hydrogen-bond donors (Lipinski definition) is 1. The lowest BCUT2D eigenvalue weighted by Crippen LogP contribution is -2.51. The molecule has 0 saturated carbocycles. The summed E-state index contributed by atoms with van der Waals surface area (Å²) in [5.74, 6) is 0. The van der Waals surface area contributed by atoms with Gasteiger partial charge in [-0.2, -0.15) is 0 Å². The molecular weight excluding hydrogens is 260 g/mol. The van der Waals surface area contributed by atoms with Gasteiger partial charge in [0.15, 0.2) is 0 Å². The maximum Gasteiger partial charge on any atom is 0.0700 e. The second kappa shape index (κ2) is 6.91. The van der Waals surface area contributed by atoms with Crippen LogP contribution in [-0.4, -0.2) is 43.8 Å². The minimum Gasteiger partial charge on any atom is -0.376 e. The van der Waals surface area contributed by atoms with Gasteiger partial charge in [0.25, 0.3) is 0 Å². The van der Waals surface area contributed by atoms with Crippen molar-refractivity contribution in [1.29, 1.82) is 0 Å². The van der Waals surface area contributed by atoms with E-state index in [0.29, 0.717) is 18.2 Å². The van der Waals surface area contributed by atoms with Gasteiger partial charge in [0.2, 0.25) is 0 Å². The predicted molar refractivity (Wildman–Crippen MR) is 86.6 cm³/mol. The van der Waals surface area contributed by atoms with Crippen molar-refractivity contribution in [3.05, 3.63) is 35.4 Å². The maximum absolute atomic E-state index is 5.86. The molecular formula is C18H28N2O. The van der Waals surface area contributed by atoms with Crippen molar-refractivity contribution in [2.75, 3.05) is 26.7 Å². The Morgan fingerprint density at radius 1 is 1.33 bits per heavy atom. The minimum absolute atomic E-state index is 0.412. The van der Waals surface area contributed by atoms with Crippen molar-refractivity contribution in [3.8, 4) is 0 Å². The van der Waals surface area contributed by atoms with Gasteiger partial charge in [-0.1, -0.05) is 31.2 Å². The van der Waals surface area contributed by atoms with Crippen molar-refractivity contribution in [1.82, 2.24) is 10.2 Å². The average Bonchev–Trinajstić information content (AvgIpc) is 2.73. The monoisotopic (exact) mass is 288 g/mol. The van der Waals surface area contributed by atoms with Crippen molar-refractivity contribution >= 4 is 0 Å². The summed E-state index contributed by atoms with van der Waals surface area (Å²) >= 11 is 0. The SMILES string of the molecule is CCC1CN(C2CCCc3ccccc3C2NC)CCO1. The van der Waals surface area contributed by atoms with Crippen LogP contribution < -0.4 is 5.32 Å². The molecule has 3 rings (SSSR count). The van der Waals surface area contributed by atoms with Gasteiger partial charge in [0, 0.05) is 25.2 Å². The molecule has 1 aliphatic carbocycles. The maximum atomic E-state index is 5.86. The number of morpholine rings is 1. The minimum atomic E-state index is 0.412. The van der Waals surface area contributed by atoms with Gasteiger partial charge in [-0.15, -0.1) is 0 Å². The van der Waals surface area contributed by atoms with E-state index in [2.05, 4.69) is 48.5 Å². The van der Waals surface area contributed by atoms with Gasteiger partial charge < -0.3 is 10.1 Å². The summed E-state index contributed by atoms with van der Waals surface area (Å²) < 4.78 is 5.86. The molecule has 1 aromatic carbocycles. The third-order valence-electron chi connectivity index (χ3n) is 5.13. The van der Waals surface area contributed by atoms with E-state index in [1.807, 2.05) is 0 Å². The molecule has 2 aliphatic rings. The van der Waals surface area contributed by atoms with E-state index in [0.717, 1.165) is 26.1 Å². The van der Waals surface area contributed by atoms with Crippen molar-refractivity contribution in [2.24, 2.45) is 0 Å². The third kappa shape index (κ3) is 3.15. The highest BCUT2D eigenvalue weighted by molar-refractivity contribution is 5.32. The predicted octanol–water partition coefficient (Wildman–Crippen LogP) is 2.76. The fourth-order valence-corrected chi connectivity index (χ4v) is 3.97. The van der Waals surface area contributed by atoms with Gasteiger partial charge in [-0.25, -0.2) is 0 Å². The highest BCUT2D eigenvalue weighted by Gasteiger charge is 2.33. The Hall–Kier alpha value is -0.900. The molecule has 3 heteroatoms. The normalized spacial score (nSPS) is 30.7. The Kier molecular flexibility index (Phi) is 4.94. The van der Waals surface area contributed by atoms with E-state index in [1.54, 1.807) is 0 Å². The Morgan fingerprint density at radius 2 is 2.19 bits per heavy atom. The molecule has 0 radical (unpaired) electrons. The average molecular weight is 288 g/mol. The number of nitrogens with zero attached hydrogens (tertiary/aromatic N) is 1. The Labute approximate surface area is 128 Å². The van der Waals surface area contributed by atoms with Crippen LogP contribution in [0, 0.1) is 0 Å². The van der Waals surface area contributed by atoms with E-state index in [-0.39, 0.29) is 0 Å². The number of fused-ring (bicyclic) bond motifs is 1. The van der Waals surface area contributed by atoms with E-state index in [1.165, 1.54) is 30.4 Å². The molecule has 3 atom stereocenters. The zero-order valence-corrected chi connectivity index (χ0v) is 13.3. The van der Waals surface area contributed by atoms with Crippen LogP contribution in [0.4, 0.5) is 0 Å². The molecule has 0 aromatic heterocycles. The van der Waals surface area contributed by atoms with Crippen LogP contribution in [0.5, 0.6) is 0 Å². The summed E-state index contributed by atoms with van der Waals surface area (Å²) in [7, 11) is 2.11. The largest absolute Gasteiger partial charge is 0.376 e. The van der Waals surface area contributed by atoms with E-state index in [9.17, 15) is 0 Å². The summed E-state index contributed by atoms with van der Waals surface area (Å²) in [6.45, 7) is 5.27. The first-order chi connectivity index (χ1) is 10.3. The highest BCUT2D eigenvalue weighted by Crippen LogP contribution is 2.32. The fourth-order valence-electron chi connectivity index (χ4n) is 3.97. The molecule has 1 fully saturated rings. The van der Waals surface area contributed by atoms with Crippen molar-refractivity contribution < 1.29 is 4.74 Å². The van der Waals surface area contributed by atoms with E-state index < -0.39 is 0 Å². The standard InChI is InChI=1S/C18H28N2O/c1-3-15-13-20(11-12-21-15)17-10-6-8-14-7-4-5-9-16(14)18(17)19-2/h4-5,7,9,15,17-19H,3,6,8,10-13H2,1-2H3. The molecule has 1 heterocycles. The lowest BCUT2D eigenvalue weighted by atomic mass is 9.94. The first-order valence-electron chi connectivity index (χ1n) is 8.44. The van der Waals surface area contributed by atoms with Gasteiger partial charge in [0.1, 0.15) is 0 Å². The molecule has 3 nitrogen and oxygen atoms in total. The molecule has 0 bridgehead atoms. The third-order valence-corrected chi connectivity index (χ3v) is 5.13. The topological polar surface area (TPSA) is 24.5 Å². The Morgan fingerprint density at radius 3 is 3.00 bits per heavy atom. The van der Waals surface area contributed by atoms with Crippen molar-refractivity contribution in [2.45, 2.75) is 50.8 Å². The van der Waals surface area contributed by atoms with Gasteiger partial charge in [-0.05, 0) is 43.9 Å². The van der Waals surface area contributed by atoms with Gasteiger partial charge >= 0.3 is 0 Å². The summed E-state index contributed by atoms with van der Waals surface area (Å²) in [5, 5.41) is 3.60. The van der Waals surface area contributed by atoms with Gasteiger partial charge in [0.05, 0.1) is 12.7 Å². The zero-order valence-electron chi connectivity index (χ0n) is 13.3. The molecule has 0 amide bonds. The smallest absolute Gasteiger partial charge is 0.0700 e. The quantitative estimate of drug-likeness (QED) is 0.866. The van der Waals surface area contributed by atoms with E-state index in [4.69, 9.17) is 4.74 Å². The van der Waals surface area contributed by atoms with Crippen LogP contribution in [0.25, 0.3) is 0 Å². The molecule has 1 N–H and O–H groups in total. The lowest BCUT2D eigenvalue weighted by molar-refractivity contribution is -0.0506. The summed E-state index contributed by atoms with van der Waals surface area (Å²) in [6, 6.07) is 10.0. The Balaban J connectivity index is 1.84. The fraction of sp³-hybridized carbons (Fsp3) is 0.667. The van der Waals surface area contributed by atoms with E-state index >= 15 is 0 Å². The lowest BCUT2D eigenvalue weighted by Gasteiger charge is -2.41. The number of rotatable bonds is 3. The second-order valence-electron chi connectivity index (χ2n) is 6.32. The number of nitrogens with one attached hydrogen (secondary N) is 1. The van der Waals surface area contributed by atoms with Crippen LogP contribution in [0.3, 0.4) is 0 Å². The van der Waals surface area contributed by atoms with Crippen molar-refractivity contribution in [3.63, 3.8) is 0 Å². The number of likely N-dealkylation sites (N-methyl/N-ethyl adjacent to an activating group) is 1. The molecule has 116 valence electrons. The number of ether oxygens (including phenoxy) is 1. The summed E-state index contributed by atoms with van der Waals surface area (Å²) in [6.07, 6.45) is 5.30. The highest BCUT2D eigenvalue weighted by atomic mass is 16.5. The number of hydrogen-bond acceptors (Lipinski definition) is 3. The molecule has 3 unspecified atom stereocenters. The molecule has 0 spiro atoms. The first-order valence-corrected chi connectivity index (χ1v) is 8.44. The number of benzene rings is 1. The first kappa shape index (κ1) is 15.0. The zero-order chi connectivity index (χ0) is 14.7. The van der Waals surface area contributed by atoms with Crippen LogP contribution in [0.2, 0.25) is 0 Å². The van der Waals surface area contributed by atoms with Crippen LogP contribution in [-0.2, 0) is 11.2 Å². The number of aryl methyl sites for hydroxylation is 1. The molecule has 1 aromatic rings. The molecule has 1 aliphatic heterocycles. The van der Waals surface area contributed by atoms with Crippen LogP contribution >= 0.6 is 0 Å². The summed E-state index contributed by atoms with van der Waals surface area (Å²) in [4.78, 5) is 2.67. The second-order valence-corrected chi connectivity index (χ2v) is 6.32. The summed E-state index contributed by atoms with van der Waals surface area (Å²) in [5.41, 5.74) is 3.03. The van der Waals surface area contributed by atoms with Crippen LogP contribution in [0.15, 0.2) is 24.3 Å². The molecule has 1 saturated heterocycles. The van der Waals surface area contributed by atoms with Gasteiger partial charge in [-0.3, -0.25) is 4.90 Å². The van der Waals surface area contributed by atoms with Crippen LogP contribution in [0.1, 0.15) is 43.4 Å².